The maximum absolute atomic E-state index is 14.1. The van der Waals surface area contributed by atoms with Gasteiger partial charge in [0.25, 0.3) is 17.7 Å². The highest BCUT2D eigenvalue weighted by Gasteiger charge is 2.42. The summed E-state index contributed by atoms with van der Waals surface area (Å²) in [7, 11) is -3.72. The van der Waals surface area contributed by atoms with Crippen molar-refractivity contribution >= 4 is 85.6 Å². The first-order valence-electron chi connectivity index (χ1n) is 19.9. The van der Waals surface area contributed by atoms with Gasteiger partial charge >= 0.3 is 0 Å². The molecule has 2 heterocycles. The Bertz CT molecular complexity index is 2380. The average Bonchev–Trinajstić information content (AvgIpc) is 3.77. The molecule has 3 N–H and O–H groups in total. The Morgan fingerprint density at radius 1 is 0.900 bits per heavy atom. The number of nitrogens with one attached hydrogen (secondary N) is 3. The van der Waals surface area contributed by atoms with Gasteiger partial charge in [-0.15, -0.1) is 5.10 Å². The van der Waals surface area contributed by atoms with E-state index in [0.717, 1.165) is 23.4 Å². The smallest absolute Gasteiger partial charge is 0.280 e. The maximum atomic E-state index is 14.1. The fourth-order valence-corrected chi connectivity index (χ4v) is 8.53. The molecule has 0 aliphatic carbocycles. The van der Waals surface area contributed by atoms with Gasteiger partial charge in [-0.3, -0.25) is 23.8 Å². The predicted octanol–water partition coefficient (Wildman–Crippen LogP) is 9.89. The minimum Gasteiger partial charge on any atom is -0.480 e. The Morgan fingerprint density at radius 3 is 2.22 bits per heavy atom. The largest absolute Gasteiger partial charge is 0.480 e. The molecule has 3 amide bonds. The van der Waals surface area contributed by atoms with Gasteiger partial charge in [0.15, 0.2) is 23.8 Å². The third-order valence-electron chi connectivity index (χ3n) is 10.8. The summed E-state index contributed by atoms with van der Waals surface area (Å²) < 4.78 is 35.3. The summed E-state index contributed by atoms with van der Waals surface area (Å²) in [4.78, 5) is 41.7. The van der Waals surface area contributed by atoms with E-state index in [0.29, 0.717) is 30.7 Å². The molecule has 1 aliphatic heterocycles. The quantitative estimate of drug-likeness (QED) is 0.0950. The molecule has 5 rings (SSSR count). The molecular weight excluding hydrogens is 849 g/mol. The van der Waals surface area contributed by atoms with E-state index in [1.54, 1.807) is 12.1 Å². The van der Waals surface area contributed by atoms with Crippen LogP contribution in [0.1, 0.15) is 115 Å². The van der Waals surface area contributed by atoms with Crippen molar-refractivity contribution < 1.29 is 27.5 Å². The number of halogens is 3. The highest BCUT2D eigenvalue weighted by Crippen LogP contribution is 2.41. The number of hydrogen-bond donors (Lipinski definition) is 3. The van der Waals surface area contributed by atoms with E-state index in [1.165, 1.54) is 46.8 Å². The fourth-order valence-electron chi connectivity index (χ4n) is 6.36. The minimum absolute atomic E-state index is 0.0122. The Kier molecular flexibility index (Phi) is 14.7. The second-order valence-corrected chi connectivity index (χ2v) is 19.0. The van der Waals surface area contributed by atoms with E-state index in [-0.39, 0.29) is 54.6 Å². The number of amidine groups is 1. The molecule has 0 saturated heterocycles. The summed E-state index contributed by atoms with van der Waals surface area (Å²) in [6.45, 7) is 16.8. The van der Waals surface area contributed by atoms with Crippen molar-refractivity contribution in [3.05, 3.63) is 98.6 Å². The zero-order valence-electron chi connectivity index (χ0n) is 35.0. The Morgan fingerprint density at radius 2 is 1.58 bits per heavy atom. The van der Waals surface area contributed by atoms with Crippen LogP contribution in [0.2, 0.25) is 15.1 Å². The van der Waals surface area contributed by atoms with E-state index in [1.807, 2.05) is 19.9 Å². The number of carbonyl (C=O) groups excluding carboxylic acids is 3. The molecule has 2 unspecified atom stereocenters. The Balaban J connectivity index is 1.40. The average molecular weight is 901 g/mol. The number of benzene rings is 3. The number of rotatable bonds is 17. The molecule has 0 spiro atoms. The molecule has 17 heteroatoms. The van der Waals surface area contributed by atoms with Crippen LogP contribution in [0.5, 0.6) is 5.75 Å². The SMILES string of the molecule is CCCCS(=O)(=O)Nc1ccn(C2C(=O)N(c3c(Cl)cc(Cl)cc3Cl)N=C2NC(=O)c2cccc(NC(=O)C(CC)Oc3ccc(C(C)(C)CC)cc3C(C)(C)CC)c2)n1. The van der Waals surface area contributed by atoms with E-state index >= 15 is 0 Å². The lowest BCUT2D eigenvalue weighted by Crippen LogP contribution is -2.38. The number of carbonyl (C=O) groups is 3. The van der Waals surface area contributed by atoms with Crippen molar-refractivity contribution in [2.45, 2.75) is 110 Å². The molecule has 2 atom stereocenters. The zero-order chi connectivity index (χ0) is 44.2. The van der Waals surface area contributed by atoms with Gasteiger partial charge in [-0.25, -0.2) is 8.42 Å². The Hall–Kier alpha value is -4.63. The summed E-state index contributed by atoms with van der Waals surface area (Å²) in [5, 5.41) is 15.5. The van der Waals surface area contributed by atoms with E-state index in [9.17, 15) is 22.8 Å². The second-order valence-electron chi connectivity index (χ2n) is 15.9. The van der Waals surface area contributed by atoms with Crippen LogP contribution < -0.4 is 25.1 Å². The van der Waals surface area contributed by atoms with Crippen LogP contribution in [-0.2, 0) is 30.4 Å². The number of aromatic nitrogens is 2. The standard InChI is InChI=1S/C43H52Cl3N7O6S/c1-9-13-21-60(57,58)51-35-19-20-52(49-35)37-38(50-53(41(37)56)36-31(45)24-28(44)25-32(36)46)48-39(54)26-15-14-16-29(22-26)47-40(55)33(10-2)59-34-18-17-27(42(5,6)11-3)23-30(34)43(7,8)12-4/h14-20,22-25,33,37H,9-13,21H2,1-8H3,(H,47,55)(H,49,51)(H,48,50,54). The first kappa shape index (κ1) is 46.4. The van der Waals surface area contributed by atoms with Crippen LogP contribution >= 0.6 is 34.8 Å². The number of amides is 3. The predicted molar refractivity (Wildman–Crippen MR) is 240 cm³/mol. The first-order chi connectivity index (χ1) is 28.2. The molecule has 0 saturated carbocycles. The summed E-state index contributed by atoms with van der Waals surface area (Å²) in [6.07, 6.45) is 3.86. The lowest BCUT2D eigenvalue weighted by Gasteiger charge is -2.31. The summed E-state index contributed by atoms with van der Waals surface area (Å²) in [5.74, 6) is -1.45. The van der Waals surface area contributed by atoms with Gasteiger partial charge in [0.2, 0.25) is 10.0 Å². The summed E-state index contributed by atoms with van der Waals surface area (Å²) in [5.41, 5.74) is 2.45. The topological polar surface area (TPSA) is 164 Å². The third-order valence-corrected chi connectivity index (χ3v) is 13.0. The Labute approximate surface area is 367 Å². The van der Waals surface area contributed by atoms with Crippen LogP contribution in [-0.4, -0.2) is 53.6 Å². The van der Waals surface area contributed by atoms with Gasteiger partial charge in [0.05, 0.1) is 15.8 Å². The van der Waals surface area contributed by atoms with E-state index < -0.39 is 39.9 Å². The number of ether oxygens (including phenoxy) is 1. The monoisotopic (exact) mass is 899 g/mol. The van der Waals surface area contributed by atoms with Crippen molar-refractivity contribution in [1.82, 2.24) is 15.1 Å². The fraction of sp³-hybridized carbons (Fsp3) is 0.419. The van der Waals surface area contributed by atoms with Crippen LogP contribution in [0.25, 0.3) is 0 Å². The lowest BCUT2D eigenvalue weighted by atomic mass is 9.76. The van der Waals surface area contributed by atoms with Gasteiger partial charge in [-0.1, -0.05) is 115 Å². The van der Waals surface area contributed by atoms with Gasteiger partial charge in [0, 0.05) is 34.1 Å². The van der Waals surface area contributed by atoms with Gasteiger partial charge in [-0.2, -0.15) is 10.1 Å². The molecule has 322 valence electrons. The number of unbranched alkanes of at least 4 members (excludes halogenated alkanes) is 1. The molecule has 0 bridgehead atoms. The normalized spacial score (nSPS) is 15.1. The molecule has 0 fully saturated rings. The maximum Gasteiger partial charge on any atom is 0.280 e. The number of nitrogens with zero attached hydrogens (tertiary/aromatic N) is 4. The molecular formula is C43H52Cl3N7O6S. The van der Waals surface area contributed by atoms with Crippen LogP contribution in [0, 0.1) is 0 Å². The summed E-state index contributed by atoms with van der Waals surface area (Å²) in [6, 6.07) is 15.3. The van der Waals surface area contributed by atoms with E-state index in [4.69, 9.17) is 39.5 Å². The number of hydrazone groups is 1. The van der Waals surface area contributed by atoms with Crippen molar-refractivity contribution in [1.29, 1.82) is 0 Å². The number of hydrogen-bond acceptors (Lipinski definition) is 8. The zero-order valence-corrected chi connectivity index (χ0v) is 38.1. The summed E-state index contributed by atoms with van der Waals surface area (Å²) >= 11 is 19.1. The van der Waals surface area contributed by atoms with Crippen molar-refractivity contribution in [2.75, 3.05) is 20.8 Å². The van der Waals surface area contributed by atoms with Crippen molar-refractivity contribution in [2.24, 2.45) is 5.10 Å². The highest BCUT2D eigenvalue weighted by atomic mass is 35.5. The minimum atomic E-state index is -3.72. The van der Waals surface area contributed by atoms with E-state index in [2.05, 4.69) is 79.2 Å². The third kappa shape index (κ3) is 10.6. The molecule has 0 radical (unpaired) electrons. The molecule has 13 nitrogen and oxygen atoms in total. The molecule has 1 aliphatic rings. The first-order valence-corrected chi connectivity index (χ1v) is 22.7. The van der Waals surface area contributed by atoms with Gasteiger partial charge < -0.3 is 15.4 Å². The molecule has 3 aromatic carbocycles. The molecule has 4 aromatic rings. The van der Waals surface area contributed by atoms with Crippen LogP contribution in [0.3, 0.4) is 0 Å². The van der Waals surface area contributed by atoms with Crippen molar-refractivity contribution in [3.63, 3.8) is 0 Å². The van der Waals surface area contributed by atoms with Crippen LogP contribution in [0.15, 0.2) is 72.0 Å². The second kappa shape index (κ2) is 19.0. The number of anilines is 3. The molecule has 1 aromatic heterocycles. The van der Waals surface area contributed by atoms with Gasteiger partial charge in [0.1, 0.15) is 11.4 Å². The van der Waals surface area contributed by atoms with Gasteiger partial charge in [-0.05, 0) is 78.5 Å². The lowest BCUT2D eigenvalue weighted by molar-refractivity contribution is -0.123. The van der Waals surface area contributed by atoms with Crippen molar-refractivity contribution in [3.8, 4) is 5.75 Å². The van der Waals surface area contributed by atoms with Crippen LogP contribution in [0.4, 0.5) is 17.2 Å². The molecule has 60 heavy (non-hydrogen) atoms. The number of sulfonamides is 1. The highest BCUT2D eigenvalue weighted by molar-refractivity contribution is 7.92.